The molecule has 0 aliphatic rings. The number of hydrogen-bond donors (Lipinski definition) is 3. The number of aromatic nitrogens is 1. The van der Waals surface area contributed by atoms with Crippen molar-refractivity contribution in [1.29, 1.82) is 0 Å². The molecule has 0 atom stereocenters. The fourth-order valence-electron chi connectivity index (χ4n) is 1.68. The highest BCUT2D eigenvalue weighted by molar-refractivity contribution is 7.07. The number of rotatable bonds is 5. The minimum Gasteiger partial charge on any atom is -0.382 e. The number of nitro benzene ring substituents is 1. The lowest BCUT2D eigenvalue weighted by Gasteiger charge is -2.09. The lowest BCUT2D eigenvalue weighted by molar-refractivity contribution is -0.383. The van der Waals surface area contributed by atoms with Gasteiger partial charge < -0.3 is 15.6 Å². The average molecular weight is 280 g/mol. The molecule has 0 saturated heterocycles. The predicted octanol–water partition coefficient (Wildman–Crippen LogP) is 2.00. The van der Waals surface area contributed by atoms with Crippen LogP contribution in [0.5, 0.6) is 0 Å². The van der Waals surface area contributed by atoms with E-state index >= 15 is 0 Å². The largest absolute Gasteiger partial charge is 0.382 e. The zero-order chi connectivity index (χ0) is 13.8. The zero-order valence-corrected chi connectivity index (χ0v) is 10.9. The van der Waals surface area contributed by atoms with E-state index in [1.54, 1.807) is 30.6 Å². The SMILES string of the molecule is CNc1cccc(NCc2csc(=O)[nH]2)c1[N+](=O)[O-]. The lowest BCUT2D eigenvalue weighted by atomic mass is 10.2. The molecule has 1 heterocycles. The van der Waals surface area contributed by atoms with E-state index < -0.39 is 4.92 Å². The van der Waals surface area contributed by atoms with Crippen molar-refractivity contribution in [2.75, 3.05) is 17.7 Å². The van der Waals surface area contributed by atoms with Crippen LogP contribution in [0.3, 0.4) is 0 Å². The molecule has 0 saturated carbocycles. The number of aromatic amines is 1. The predicted molar refractivity (Wildman–Crippen MR) is 74.9 cm³/mol. The van der Waals surface area contributed by atoms with Crippen LogP contribution < -0.4 is 15.5 Å². The van der Waals surface area contributed by atoms with Gasteiger partial charge in [-0.25, -0.2) is 0 Å². The number of nitrogens with zero attached hydrogens (tertiary/aromatic N) is 1. The summed E-state index contributed by atoms with van der Waals surface area (Å²) in [6.07, 6.45) is 0. The second-order valence-corrected chi connectivity index (χ2v) is 4.58. The van der Waals surface area contributed by atoms with Gasteiger partial charge in [-0.1, -0.05) is 17.4 Å². The maximum atomic E-state index is 11.1. The van der Waals surface area contributed by atoms with Gasteiger partial charge in [0.1, 0.15) is 11.4 Å². The van der Waals surface area contributed by atoms with Gasteiger partial charge in [-0.05, 0) is 12.1 Å². The molecule has 0 aliphatic carbocycles. The molecule has 8 heteroatoms. The summed E-state index contributed by atoms with van der Waals surface area (Å²) in [7, 11) is 1.63. The molecule has 0 spiro atoms. The second kappa shape index (κ2) is 5.53. The van der Waals surface area contributed by atoms with Crippen LogP contribution in [0.15, 0.2) is 28.4 Å². The van der Waals surface area contributed by atoms with Crippen LogP contribution in [0.1, 0.15) is 5.69 Å². The number of benzene rings is 1. The summed E-state index contributed by atoms with van der Waals surface area (Å²) in [6, 6.07) is 4.98. The van der Waals surface area contributed by atoms with Gasteiger partial charge in [0.2, 0.25) is 0 Å². The van der Waals surface area contributed by atoms with Crippen molar-refractivity contribution in [1.82, 2.24) is 4.98 Å². The number of para-hydroxylation sites is 1. The van der Waals surface area contributed by atoms with Crippen molar-refractivity contribution in [3.05, 3.63) is 49.1 Å². The number of anilines is 2. The van der Waals surface area contributed by atoms with Crippen LogP contribution in [0.2, 0.25) is 0 Å². The van der Waals surface area contributed by atoms with E-state index in [-0.39, 0.29) is 10.6 Å². The summed E-state index contributed by atoms with van der Waals surface area (Å²) in [5.41, 5.74) is 1.53. The van der Waals surface area contributed by atoms with Crippen molar-refractivity contribution >= 4 is 28.4 Å². The third-order valence-electron chi connectivity index (χ3n) is 2.53. The van der Waals surface area contributed by atoms with Crippen LogP contribution >= 0.6 is 11.3 Å². The normalized spacial score (nSPS) is 10.2. The molecule has 100 valence electrons. The molecule has 2 rings (SSSR count). The Hall–Kier alpha value is -2.35. The minimum absolute atomic E-state index is 0.0115. The Bertz CT molecular complexity index is 649. The van der Waals surface area contributed by atoms with Gasteiger partial charge in [0, 0.05) is 18.1 Å². The zero-order valence-electron chi connectivity index (χ0n) is 10.1. The van der Waals surface area contributed by atoms with Crippen molar-refractivity contribution in [2.45, 2.75) is 6.54 Å². The third-order valence-corrected chi connectivity index (χ3v) is 3.25. The first-order valence-corrected chi connectivity index (χ1v) is 6.35. The molecule has 2 aromatic rings. The first-order chi connectivity index (χ1) is 9.11. The van der Waals surface area contributed by atoms with Crippen LogP contribution in [0.25, 0.3) is 0 Å². The highest BCUT2D eigenvalue weighted by Gasteiger charge is 2.18. The fraction of sp³-hybridized carbons (Fsp3) is 0.182. The first kappa shape index (κ1) is 13.1. The Morgan fingerprint density at radius 1 is 1.42 bits per heavy atom. The van der Waals surface area contributed by atoms with Crippen molar-refractivity contribution in [2.24, 2.45) is 0 Å². The molecule has 0 bridgehead atoms. The monoisotopic (exact) mass is 280 g/mol. The molecular weight excluding hydrogens is 268 g/mol. The summed E-state index contributed by atoms with van der Waals surface area (Å²) >= 11 is 1.06. The summed E-state index contributed by atoms with van der Waals surface area (Å²) in [5, 5.41) is 18.5. The molecule has 0 fully saturated rings. The molecule has 1 aromatic heterocycles. The van der Waals surface area contributed by atoms with Gasteiger partial charge in [0.25, 0.3) is 0 Å². The topological polar surface area (TPSA) is 100 Å². The van der Waals surface area contributed by atoms with E-state index in [4.69, 9.17) is 0 Å². The van der Waals surface area contributed by atoms with Crippen molar-refractivity contribution in [3.63, 3.8) is 0 Å². The van der Waals surface area contributed by atoms with E-state index in [0.717, 1.165) is 11.3 Å². The van der Waals surface area contributed by atoms with Gasteiger partial charge in [-0.2, -0.15) is 0 Å². The highest BCUT2D eigenvalue weighted by atomic mass is 32.1. The lowest BCUT2D eigenvalue weighted by Crippen LogP contribution is -2.06. The molecule has 0 radical (unpaired) electrons. The maximum Gasteiger partial charge on any atom is 0.315 e. The summed E-state index contributed by atoms with van der Waals surface area (Å²) in [4.78, 5) is 24.1. The van der Waals surface area contributed by atoms with Crippen LogP contribution in [0.4, 0.5) is 17.1 Å². The Kier molecular flexibility index (Phi) is 3.81. The number of H-pyrrole nitrogens is 1. The minimum atomic E-state index is -0.440. The standard InChI is InChI=1S/C11H12N4O3S/c1-12-8-3-2-4-9(10(8)15(17)18)13-5-7-6-19-11(16)14-7/h2-4,6,12-13H,5H2,1H3,(H,14,16). The fourth-order valence-corrected chi connectivity index (χ4v) is 2.26. The van der Waals surface area contributed by atoms with E-state index in [2.05, 4.69) is 15.6 Å². The molecule has 0 unspecified atom stereocenters. The molecule has 0 amide bonds. The smallest absolute Gasteiger partial charge is 0.315 e. The number of nitrogens with one attached hydrogen (secondary N) is 3. The van der Waals surface area contributed by atoms with Crippen molar-refractivity contribution in [3.8, 4) is 0 Å². The van der Waals surface area contributed by atoms with Gasteiger partial charge in [-0.3, -0.25) is 14.9 Å². The Balaban J connectivity index is 2.24. The maximum absolute atomic E-state index is 11.1. The number of hydrogen-bond acceptors (Lipinski definition) is 6. The third kappa shape index (κ3) is 2.91. The molecule has 7 nitrogen and oxygen atoms in total. The van der Waals surface area contributed by atoms with Gasteiger partial charge in [0.15, 0.2) is 0 Å². The number of nitro groups is 1. The summed E-state index contributed by atoms with van der Waals surface area (Å²) in [5.74, 6) is 0. The number of thiazole rings is 1. The summed E-state index contributed by atoms with van der Waals surface area (Å²) in [6.45, 7) is 0.326. The highest BCUT2D eigenvalue weighted by Crippen LogP contribution is 2.32. The van der Waals surface area contributed by atoms with Crippen LogP contribution in [-0.4, -0.2) is 17.0 Å². The molecule has 1 aromatic carbocycles. The second-order valence-electron chi connectivity index (χ2n) is 3.74. The summed E-state index contributed by atoms with van der Waals surface area (Å²) < 4.78 is 0. The van der Waals surface area contributed by atoms with E-state index in [1.165, 1.54) is 0 Å². The van der Waals surface area contributed by atoms with Crippen molar-refractivity contribution < 1.29 is 4.92 Å². The molecule has 19 heavy (non-hydrogen) atoms. The van der Waals surface area contributed by atoms with Gasteiger partial charge >= 0.3 is 10.6 Å². The Labute approximate surface area is 112 Å². The van der Waals surface area contributed by atoms with E-state index in [1.807, 2.05) is 0 Å². The van der Waals surface area contributed by atoms with Gasteiger partial charge in [0.05, 0.1) is 11.5 Å². The molecule has 3 N–H and O–H groups in total. The average Bonchev–Trinajstić information content (AvgIpc) is 2.81. The first-order valence-electron chi connectivity index (χ1n) is 5.47. The quantitative estimate of drug-likeness (QED) is 0.574. The Morgan fingerprint density at radius 3 is 2.74 bits per heavy atom. The molecule has 0 aliphatic heterocycles. The van der Waals surface area contributed by atoms with E-state index in [9.17, 15) is 14.9 Å². The van der Waals surface area contributed by atoms with E-state index in [0.29, 0.717) is 23.6 Å². The van der Waals surface area contributed by atoms with Crippen LogP contribution in [-0.2, 0) is 6.54 Å². The molecular formula is C11H12N4O3S. The van der Waals surface area contributed by atoms with Crippen LogP contribution in [0, 0.1) is 10.1 Å². The Morgan fingerprint density at radius 2 is 2.16 bits per heavy atom. The van der Waals surface area contributed by atoms with Gasteiger partial charge in [-0.15, -0.1) is 0 Å².